The summed E-state index contributed by atoms with van der Waals surface area (Å²) in [5.41, 5.74) is 1.44. The number of hydrogen-bond acceptors (Lipinski definition) is 5. The van der Waals surface area contributed by atoms with Crippen molar-refractivity contribution in [3.05, 3.63) is 23.9 Å². The molecule has 1 aliphatic carbocycles. The number of hydrogen-bond donors (Lipinski definition) is 2. The van der Waals surface area contributed by atoms with Crippen LogP contribution in [0.15, 0.2) is 27.7 Å². The lowest BCUT2D eigenvalue weighted by Crippen LogP contribution is -2.44. The van der Waals surface area contributed by atoms with Gasteiger partial charge in [-0.15, -0.1) is 0 Å². The van der Waals surface area contributed by atoms with Gasteiger partial charge in [-0.25, -0.2) is 8.42 Å². The first-order valence-corrected chi connectivity index (χ1v) is 11.3. The molecule has 2 N–H and O–H groups in total. The molecular weight excluding hydrogens is 380 g/mol. The first kappa shape index (κ1) is 19.2. The molecule has 0 radical (unpaired) electrons. The third-order valence-corrected chi connectivity index (χ3v) is 7.43. The molecule has 0 unspecified atom stereocenters. The third kappa shape index (κ3) is 3.86. The largest absolute Gasteiger partial charge is 0.442 e. The molecule has 0 atom stereocenters. The first-order chi connectivity index (χ1) is 13.4. The van der Waals surface area contributed by atoms with E-state index >= 15 is 0 Å². The number of furan rings is 1. The van der Waals surface area contributed by atoms with Gasteiger partial charge in [0.1, 0.15) is 5.69 Å². The monoisotopic (exact) mass is 406 g/mol. The molecule has 8 nitrogen and oxygen atoms in total. The van der Waals surface area contributed by atoms with Crippen LogP contribution in [0.4, 0.5) is 0 Å². The van der Waals surface area contributed by atoms with Crippen molar-refractivity contribution in [3.63, 3.8) is 0 Å². The summed E-state index contributed by atoms with van der Waals surface area (Å²) in [5.74, 6) is 0.359. The lowest BCUT2D eigenvalue weighted by Gasteiger charge is -2.30. The maximum absolute atomic E-state index is 12.9. The average molecular weight is 407 g/mol. The molecule has 4 rings (SSSR count). The molecule has 0 spiro atoms. The van der Waals surface area contributed by atoms with Gasteiger partial charge in [0.15, 0.2) is 5.76 Å². The number of carbonyl (C=O) groups is 1. The summed E-state index contributed by atoms with van der Waals surface area (Å²) in [4.78, 5) is 12.4. The van der Waals surface area contributed by atoms with Crippen LogP contribution in [0.5, 0.6) is 0 Å². The zero-order chi connectivity index (χ0) is 19.7. The van der Waals surface area contributed by atoms with Gasteiger partial charge in [-0.1, -0.05) is 12.8 Å². The van der Waals surface area contributed by atoms with E-state index in [1.807, 2.05) is 6.92 Å². The van der Waals surface area contributed by atoms with E-state index in [0.717, 1.165) is 18.5 Å². The fourth-order valence-electron chi connectivity index (χ4n) is 4.02. The number of aryl methyl sites for hydroxylation is 1. The Morgan fingerprint density at radius 1 is 1.21 bits per heavy atom. The van der Waals surface area contributed by atoms with E-state index in [1.54, 1.807) is 12.1 Å². The summed E-state index contributed by atoms with van der Waals surface area (Å²) < 4.78 is 32.8. The molecule has 28 heavy (non-hydrogen) atoms. The number of amides is 1. The molecule has 1 amide bonds. The molecule has 1 saturated carbocycles. The van der Waals surface area contributed by atoms with Crippen LogP contribution in [-0.4, -0.2) is 48.0 Å². The van der Waals surface area contributed by atoms with Gasteiger partial charge in [0.2, 0.25) is 11.0 Å². The SMILES string of the molecule is Cc1cc(-c2ccc(S(=O)(=O)N3CCC(C(=O)NC4CCCC4)CC3)o2)n[nH]1. The lowest BCUT2D eigenvalue weighted by atomic mass is 9.97. The van der Waals surface area contributed by atoms with Crippen LogP contribution in [0.3, 0.4) is 0 Å². The fraction of sp³-hybridized carbons (Fsp3) is 0.579. The van der Waals surface area contributed by atoms with Crippen molar-refractivity contribution in [2.45, 2.75) is 56.6 Å². The first-order valence-electron chi connectivity index (χ1n) is 9.86. The van der Waals surface area contributed by atoms with E-state index in [-0.39, 0.29) is 16.9 Å². The second-order valence-electron chi connectivity index (χ2n) is 7.72. The minimum Gasteiger partial charge on any atom is -0.442 e. The van der Waals surface area contributed by atoms with Crippen molar-refractivity contribution in [2.24, 2.45) is 5.92 Å². The second kappa shape index (κ2) is 7.71. The Hall–Kier alpha value is -2.13. The normalized spacial score (nSPS) is 19.9. The summed E-state index contributed by atoms with van der Waals surface area (Å²) in [6.45, 7) is 2.51. The van der Waals surface area contributed by atoms with Crippen molar-refractivity contribution in [1.82, 2.24) is 19.8 Å². The minimum atomic E-state index is -3.72. The predicted octanol–water partition coefficient (Wildman–Crippen LogP) is 2.44. The van der Waals surface area contributed by atoms with Gasteiger partial charge in [-0.05, 0) is 50.8 Å². The maximum Gasteiger partial charge on any atom is 0.276 e. The number of piperidine rings is 1. The molecule has 3 heterocycles. The van der Waals surface area contributed by atoms with Crippen molar-refractivity contribution in [3.8, 4) is 11.5 Å². The molecule has 2 aromatic heterocycles. The number of sulfonamides is 1. The highest BCUT2D eigenvalue weighted by atomic mass is 32.2. The standard InChI is InChI=1S/C19H26N4O4S/c1-13-12-16(22-21-13)17-6-7-18(27-17)28(25,26)23-10-8-14(9-11-23)19(24)20-15-4-2-3-5-15/h6-7,12,14-15H,2-5,8-11H2,1H3,(H,20,24)(H,21,22). The molecule has 2 aromatic rings. The van der Waals surface area contributed by atoms with E-state index < -0.39 is 10.0 Å². The summed E-state index contributed by atoms with van der Waals surface area (Å²) in [6, 6.07) is 5.17. The topological polar surface area (TPSA) is 108 Å². The number of nitrogens with zero attached hydrogens (tertiary/aromatic N) is 2. The van der Waals surface area contributed by atoms with Crippen molar-refractivity contribution < 1.29 is 17.6 Å². The van der Waals surface area contributed by atoms with Crippen LogP contribution in [-0.2, 0) is 14.8 Å². The van der Waals surface area contributed by atoms with Crippen molar-refractivity contribution in [1.29, 1.82) is 0 Å². The molecule has 1 saturated heterocycles. The fourth-order valence-corrected chi connectivity index (χ4v) is 5.40. The number of carbonyl (C=O) groups excluding carboxylic acids is 1. The van der Waals surface area contributed by atoms with Gasteiger partial charge in [0.05, 0.1) is 0 Å². The van der Waals surface area contributed by atoms with Crippen molar-refractivity contribution in [2.75, 3.05) is 13.1 Å². The van der Waals surface area contributed by atoms with Gasteiger partial charge in [0.25, 0.3) is 10.0 Å². The Bertz CT molecular complexity index is 935. The number of H-pyrrole nitrogens is 1. The van der Waals surface area contributed by atoms with E-state index in [0.29, 0.717) is 43.4 Å². The van der Waals surface area contributed by atoms with Gasteiger partial charge < -0.3 is 9.73 Å². The van der Waals surface area contributed by atoms with E-state index in [1.165, 1.54) is 23.2 Å². The molecule has 9 heteroatoms. The predicted molar refractivity (Wildman–Crippen MR) is 103 cm³/mol. The molecule has 152 valence electrons. The van der Waals surface area contributed by atoms with Gasteiger partial charge in [0, 0.05) is 30.7 Å². The summed E-state index contributed by atoms with van der Waals surface area (Å²) in [5, 5.41) is 9.94. The minimum absolute atomic E-state index is 0.0677. The van der Waals surface area contributed by atoms with Crippen LogP contribution in [0, 0.1) is 12.8 Å². The van der Waals surface area contributed by atoms with E-state index in [2.05, 4.69) is 15.5 Å². The third-order valence-electron chi connectivity index (χ3n) is 5.66. The Kier molecular flexibility index (Phi) is 5.29. The number of aromatic amines is 1. The molecule has 2 aliphatic rings. The molecular formula is C19H26N4O4S. The number of aromatic nitrogens is 2. The Morgan fingerprint density at radius 3 is 2.57 bits per heavy atom. The van der Waals surface area contributed by atoms with Crippen molar-refractivity contribution >= 4 is 15.9 Å². The van der Waals surface area contributed by atoms with Crippen LogP contribution < -0.4 is 5.32 Å². The van der Waals surface area contributed by atoms with E-state index in [4.69, 9.17) is 4.42 Å². The van der Waals surface area contributed by atoms with Gasteiger partial charge in [-0.3, -0.25) is 9.89 Å². The van der Waals surface area contributed by atoms with Gasteiger partial charge >= 0.3 is 0 Å². The van der Waals surface area contributed by atoms with Crippen LogP contribution in [0.2, 0.25) is 0 Å². The zero-order valence-electron chi connectivity index (χ0n) is 16.0. The number of rotatable bonds is 5. The lowest BCUT2D eigenvalue weighted by molar-refractivity contribution is -0.126. The molecule has 0 aromatic carbocycles. The zero-order valence-corrected chi connectivity index (χ0v) is 16.8. The average Bonchev–Trinajstić information content (AvgIpc) is 3.43. The smallest absolute Gasteiger partial charge is 0.276 e. The quantitative estimate of drug-likeness (QED) is 0.793. The van der Waals surface area contributed by atoms with Crippen LogP contribution in [0.25, 0.3) is 11.5 Å². The Morgan fingerprint density at radius 2 is 1.93 bits per heavy atom. The molecule has 1 aliphatic heterocycles. The summed E-state index contributed by atoms with van der Waals surface area (Å²) in [7, 11) is -3.72. The molecule has 2 fully saturated rings. The number of nitrogens with one attached hydrogen (secondary N) is 2. The Balaban J connectivity index is 1.38. The second-order valence-corrected chi connectivity index (χ2v) is 9.59. The van der Waals surface area contributed by atoms with Gasteiger partial charge in [-0.2, -0.15) is 9.40 Å². The van der Waals surface area contributed by atoms with E-state index in [9.17, 15) is 13.2 Å². The highest BCUT2D eigenvalue weighted by molar-refractivity contribution is 7.89. The summed E-state index contributed by atoms with van der Waals surface area (Å²) >= 11 is 0. The van der Waals surface area contributed by atoms with Crippen LogP contribution >= 0.6 is 0 Å². The Labute approximate surface area is 164 Å². The molecule has 0 bridgehead atoms. The summed E-state index contributed by atoms with van der Waals surface area (Å²) in [6.07, 6.45) is 5.51. The highest BCUT2D eigenvalue weighted by Crippen LogP contribution is 2.28. The van der Waals surface area contributed by atoms with Crippen LogP contribution in [0.1, 0.15) is 44.2 Å². The maximum atomic E-state index is 12.9. The highest BCUT2D eigenvalue weighted by Gasteiger charge is 2.34.